The molecule has 0 aromatic rings. The van der Waals surface area contributed by atoms with Crippen LogP contribution in [-0.4, -0.2) is 70.0 Å². The number of nitrogens with zero attached hydrogens (tertiary/aromatic N) is 1. The summed E-state index contributed by atoms with van der Waals surface area (Å²) in [7, 11) is 1.16. The van der Waals surface area contributed by atoms with Gasteiger partial charge in [0.2, 0.25) is 0 Å². The van der Waals surface area contributed by atoms with Gasteiger partial charge in [-0.3, -0.25) is 14.2 Å². The smallest absolute Gasteiger partial charge is 0.306 e. The highest BCUT2D eigenvalue weighted by atomic mass is 31.2. The van der Waals surface area contributed by atoms with E-state index in [0.29, 0.717) is 17.4 Å². The van der Waals surface area contributed by atoms with Crippen LogP contribution in [0.25, 0.3) is 0 Å². The van der Waals surface area contributed by atoms with Gasteiger partial charge in [-0.25, -0.2) is 0 Å². The lowest BCUT2D eigenvalue weighted by Crippen LogP contribution is -2.37. The molecule has 0 aliphatic rings. The largest absolute Gasteiger partial charge is 0.756 e. The van der Waals surface area contributed by atoms with Crippen LogP contribution >= 0.6 is 7.82 Å². The standard InChI is InChI=1S/C67H120NO8P/c1-6-8-10-12-14-16-18-20-22-24-26-28-30-31-32-33-34-35-36-37-38-40-42-44-46-48-50-52-54-56-58-60-67(70)76-65(64-75-77(71,72)74-62-61-68(3,4)5)63-73-66(69)59-57-55-53-51-49-47-45-43-41-39-29-27-25-23-21-19-17-15-13-11-9-7-2/h8,10,14,16,20,22,26,28,31-32,34-35,37-38,65H,6-7,9,11-13,15,17-19,21,23-25,27,29-30,33,36,39-64H2,1-5H3/b10-8-,16-14-,22-20-,28-26-,32-31-,35-34-,38-37-. The van der Waals surface area contributed by atoms with Crippen molar-refractivity contribution in [2.24, 2.45) is 0 Å². The highest BCUT2D eigenvalue weighted by Gasteiger charge is 2.22. The SMILES string of the molecule is CC/C=C\C/C=C\C/C=C\C/C=C\C/C=C\C/C=C\C/C=C\CCCCCCCCCCCC(=O)OC(COC(=O)CCCCCCCCCCCCCCCCCCCCCCCC)COP(=O)([O-])OCC[N+](C)(C)C. The van der Waals surface area contributed by atoms with E-state index in [1.165, 1.54) is 154 Å². The van der Waals surface area contributed by atoms with Gasteiger partial charge in [-0.1, -0.05) is 279 Å². The Morgan fingerprint density at radius 2 is 0.740 bits per heavy atom. The number of rotatable bonds is 58. The Kier molecular flexibility index (Phi) is 55.8. The van der Waals surface area contributed by atoms with Crippen LogP contribution in [0.3, 0.4) is 0 Å². The fraction of sp³-hybridized carbons (Fsp3) is 0.761. The lowest BCUT2D eigenvalue weighted by atomic mass is 10.0. The second-order valence-corrected chi connectivity index (χ2v) is 23.8. The minimum Gasteiger partial charge on any atom is -0.756 e. The molecule has 0 aliphatic carbocycles. The number of hydrogen-bond donors (Lipinski definition) is 0. The van der Waals surface area contributed by atoms with Crippen LogP contribution in [0.2, 0.25) is 0 Å². The van der Waals surface area contributed by atoms with Gasteiger partial charge in [-0.2, -0.15) is 0 Å². The summed E-state index contributed by atoms with van der Waals surface area (Å²) in [5, 5.41) is 0. The van der Waals surface area contributed by atoms with Crippen LogP contribution in [0.15, 0.2) is 85.1 Å². The number of allylic oxidation sites excluding steroid dienone is 14. The second kappa shape index (κ2) is 57.9. The summed E-state index contributed by atoms with van der Waals surface area (Å²) >= 11 is 0. The number of phosphoric ester groups is 1. The summed E-state index contributed by atoms with van der Waals surface area (Å²) in [5.74, 6) is -0.833. The molecule has 2 atom stereocenters. The van der Waals surface area contributed by atoms with E-state index in [1.54, 1.807) is 0 Å². The summed E-state index contributed by atoms with van der Waals surface area (Å²) in [6, 6.07) is 0. The predicted molar refractivity (Wildman–Crippen MR) is 328 cm³/mol. The topological polar surface area (TPSA) is 111 Å². The maximum atomic E-state index is 12.8. The molecule has 9 nitrogen and oxygen atoms in total. The van der Waals surface area contributed by atoms with Gasteiger partial charge in [0.1, 0.15) is 19.8 Å². The lowest BCUT2D eigenvalue weighted by Gasteiger charge is -2.28. The second-order valence-electron chi connectivity index (χ2n) is 22.4. The molecule has 0 rings (SSSR count). The Morgan fingerprint density at radius 1 is 0.416 bits per heavy atom. The van der Waals surface area contributed by atoms with Crippen molar-refractivity contribution in [1.29, 1.82) is 0 Å². The molecule has 0 bridgehead atoms. The number of ether oxygens (including phenoxy) is 2. The number of carbonyl (C=O) groups is 2. The quantitative estimate of drug-likeness (QED) is 0.0195. The molecule has 0 radical (unpaired) electrons. The van der Waals surface area contributed by atoms with Crippen molar-refractivity contribution < 1.29 is 42.1 Å². The minimum atomic E-state index is -4.64. The van der Waals surface area contributed by atoms with Gasteiger partial charge < -0.3 is 27.9 Å². The first-order chi connectivity index (χ1) is 37.5. The van der Waals surface area contributed by atoms with Crippen molar-refractivity contribution in [2.45, 2.75) is 283 Å². The molecule has 0 aromatic heterocycles. The predicted octanol–water partition coefficient (Wildman–Crippen LogP) is 19.6. The van der Waals surface area contributed by atoms with E-state index in [2.05, 4.69) is 98.9 Å². The summed E-state index contributed by atoms with van der Waals surface area (Å²) in [5.41, 5.74) is 0. The summed E-state index contributed by atoms with van der Waals surface area (Å²) in [6.45, 7) is 4.15. The maximum Gasteiger partial charge on any atom is 0.306 e. The molecular weight excluding hydrogens is 978 g/mol. The van der Waals surface area contributed by atoms with E-state index in [1.807, 2.05) is 21.1 Å². The van der Waals surface area contributed by atoms with Gasteiger partial charge in [-0.15, -0.1) is 0 Å². The molecular formula is C67H120NO8P. The third kappa shape index (κ3) is 62.3. The van der Waals surface area contributed by atoms with Crippen molar-refractivity contribution in [1.82, 2.24) is 0 Å². The molecule has 0 aliphatic heterocycles. The van der Waals surface area contributed by atoms with Gasteiger partial charge >= 0.3 is 11.9 Å². The Hall–Kier alpha value is -2.81. The van der Waals surface area contributed by atoms with Gasteiger partial charge in [0.05, 0.1) is 27.7 Å². The summed E-state index contributed by atoms with van der Waals surface area (Å²) in [6.07, 6.45) is 77.8. The van der Waals surface area contributed by atoms with Crippen molar-refractivity contribution in [2.75, 3.05) is 47.5 Å². The molecule has 0 saturated carbocycles. The van der Waals surface area contributed by atoms with Crippen LogP contribution < -0.4 is 4.89 Å². The van der Waals surface area contributed by atoms with Crippen LogP contribution in [0.1, 0.15) is 277 Å². The van der Waals surface area contributed by atoms with E-state index in [-0.39, 0.29) is 32.0 Å². The maximum absolute atomic E-state index is 12.8. The summed E-state index contributed by atoms with van der Waals surface area (Å²) < 4.78 is 34.2. The van der Waals surface area contributed by atoms with Crippen LogP contribution in [0.4, 0.5) is 0 Å². The zero-order valence-corrected chi connectivity index (χ0v) is 51.5. The number of hydrogen-bond acceptors (Lipinski definition) is 8. The van der Waals surface area contributed by atoms with E-state index >= 15 is 0 Å². The van der Waals surface area contributed by atoms with Crippen LogP contribution in [-0.2, 0) is 32.7 Å². The third-order valence-electron chi connectivity index (χ3n) is 13.7. The molecule has 0 heterocycles. The molecule has 0 spiro atoms. The fourth-order valence-corrected chi connectivity index (χ4v) is 9.54. The molecule has 0 saturated heterocycles. The van der Waals surface area contributed by atoms with Crippen LogP contribution in [0, 0.1) is 0 Å². The van der Waals surface area contributed by atoms with E-state index in [4.69, 9.17) is 18.5 Å². The highest BCUT2D eigenvalue weighted by molar-refractivity contribution is 7.45. The average molecular weight is 1100 g/mol. The number of phosphoric acid groups is 1. The monoisotopic (exact) mass is 1100 g/mol. The number of quaternary nitrogens is 1. The highest BCUT2D eigenvalue weighted by Crippen LogP contribution is 2.38. The molecule has 0 N–H and O–H groups in total. The number of carbonyl (C=O) groups excluding carboxylic acids is 2. The molecule has 77 heavy (non-hydrogen) atoms. The van der Waals surface area contributed by atoms with Gasteiger partial charge in [0, 0.05) is 12.8 Å². The Morgan fingerprint density at radius 3 is 1.10 bits per heavy atom. The fourth-order valence-electron chi connectivity index (χ4n) is 8.81. The molecule has 10 heteroatoms. The molecule has 0 amide bonds. The molecule has 0 fully saturated rings. The first-order valence-corrected chi connectivity index (χ1v) is 33.3. The number of esters is 2. The van der Waals surface area contributed by atoms with E-state index in [9.17, 15) is 19.0 Å². The molecule has 2 unspecified atom stereocenters. The van der Waals surface area contributed by atoms with Crippen LogP contribution in [0.5, 0.6) is 0 Å². The van der Waals surface area contributed by atoms with Crippen molar-refractivity contribution in [3.63, 3.8) is 0 Å². The van der Waals surface area contributed by atoms with E-state index < -0.39 is 26.5 Å². The first-order valence-electron chi connectivity index (χ1n) is 31.8. The van der Waals surface area contributed by atoms with Gasteiger partial charge in [-0.05, 0) is 70.6 Å². The van der Waals surface area contributed by atoms with Crippen molar-refractivity contribution >= 4 is 19.8 Å². The lowest BCUT2D eigenvalue weighted by molar-refractivity contribution is -0.870. The first kappa shape index (κ1) is 74.2. The Balaban J connectivity index is 4.14. The van der Waals surface area contributed by atoms with Crippen molar-refractivity contribution in [3.8, 4) is 0 Å². The van der Waals surface area contributed by atoms with E-state index in [0.717, 1.165) is 89.9 Å². The number of likely N-dealkylation sites (N-methyl/N-ethyl adjacent to an activating group) is 1. The zero-order valence-electron chi connectivity index (χ0n) is 50.6. The van der Waals surface area contributed by atoms with Gasteiger partial charge in [0.25, 0.3) is 7.82 Å². The normalized spacial score (nSPS) is 13.8. The average Bonchev–Trinajstić information content (AvgIpc) is 3.39. The summed E-state index contributed by atoms with van der Waals surface area (Å²) in [4.78, 5) is 38.0. The zero-order chi connectivity index (χ0) is 56.3. The van der Waals surface area contributed by atoms with Gasteiger partial charge in [0.15, 0.2) is 6.10 Å². The Bertz CT molecular complexity index is 1580. The molecule has 0 aromatic carbocycles. The third-order valence-corrected chi connectivity index (χ3v) is 14.6. The Labute approximate surface area is 475 Å². The molecule has 446 valence electrons. The number of unbranched alkanes of at least 4 members (excludes halogenated alkanes) is 30. The minimum absolute atomic E-state index is 0.0340. The van der Waals surface area contributed by atoms with Crippen molar-refractivity contribution in [3.05, 3.63) is 85.1 Å².